The number of amides is 1. The fraction of sp³-hybridized carbons (Fsp3) is 0. The van der Waals surface area contributed by atoms with E-state index in [0.29, 0.717) is 15.7 Å². The molecule has 1 heterocycles. The minimum Gasteiger partial charge on any atom is -0.361 e. The Hall–Kier alpha value is -2.14. The molecule has 0 fully saturated rings. The Labute approximate surface area is 122 Å². The van der Waals surface area contributed by atoms with Gasteiger partial charge in [-0.05, 0) is 46.3 Å². The summed E-state index contributed by atoms with van der Waals surface area (Å²) in [6.07, 6.45) is 1.78. The van der Waals surface area contributed by atoms with Crippen molar-refractivity contribution in [2.24, 2.45) is 0 Å². The van der Waals surface area contributed by atoms with Crippen LogP contribution in [-0.4, -0.2) is 10.9 Å². The molecular formula is C15H10BrFN2O. The Kier molecular flexibility index (Phi) is 3.28. The number of H-pyrrole nitrogens is 1. The van der Waals surface area contributed by atoms with Gasteiger partial charge in [0.05, 0.1) is 16.8 Å². The molecular weight excluding hydrogens is 323 g/mol. The summed E-state index contributed by atoms with van der Waals surface area (Å²) in [6.45, 7) is 0. The van der Waals surface area contributed by atoms with Crippen LogP contribution >= 0.6 is 15.9 Å². The molecule has 3 aromatic rings. The van der Waals surface area contributed by atoms with Crippen LogP contribution in [0.5, 0.6) is 0 Å². The Morgan fingerprint density at radius 2 is 2.05 bits per heavy atom. The standard InChI is InChI=1S/C15H10BrFN2O/c16-12-5-4-10(17)8-13(12)19-15(20)11-3-1-2-9-6-7-18-14(9)11/h1-8,18H,(H,19,20). The highest BCUT2D eigenvalue weighted by atomic mass is 79.9. The van der Waals surface area contributed by atoms with Crippen LogP contribution < -0.4 is 5.32 Å². The van der Waals surface area contributed by atoms with Gasteiger partial charge in [0, 0.05) is 16.1 Å². The quantitative estimate of drug-likeness (QED) is 0.721. The molecule has 20 heavy (non-hydrogen) atoms. The zero-order valence-corrected chi connectivity index (χ0v) is 11.9. The van der Waals surface area contributed by atoms with Crippen molar-refractivity contribution < 1.29 is 9.18 Å². The zero-order chi connectivity index (χ0) is 14.1. The minimum atomic E-state index is -0.401. The van der Waals surface area contributed by atoms with E-state index in [4.69, 9.17) is 0 Å². The smallest absolute Gasteiger partial charge is 0.257 e. The molecule has 0 aliphatic carbocycles. The van der Waals surface area contributed by atoms with Crippen LogP contribution in [0, 0.1) is 5.82 Å². The summed E-state index contributed by atoms with van der Waals surface area (Å²) in [4.78, 5) is 15.3. The number of aromatic nitrogens is 1. The summed E-state index contributed by atoms with van der Waals surface area (Å²) >= 11 is 3.28. The SMILES string of the molecule is O=C(Nc1cc(F)ccc1Br)c1cccc2cc[nH]c12. The van der Waals surface area contributed by atoms with E-state index in [0.717, 1.165) is 10.9 Å². The number of para-hydroxylation sites is 1. The number of carbonyl (C=O) groups excluding carboxylic acids is 1. The lowest BCUT2D eigenvalue weighted by atomic mass is 10.1. The van der Waals surface area contributed by atoms with Crippen molar-refractivity contribution >= 4 is 38.4 Å². The molecule has 0 bridgehead atoms. The Balaban J connectivity index is 1.97. The highest BCUT2D eigenvalue weighted by Crippen LogP contribution is 2.25. The fourth-order valence-corrected chi connectivity index (χ4v) is 2.40. The predicted octanol–water partition coefficient (Wildman–Crippen LogP) is 4.32. The van der Waals surface area contributed by atoms with E-state index in [9.17, 15) is 9.18 Å². The number of fused-ring (bicyclic) bond motifs is 1. The van der Waals surface area contributed by atoms with E-state index >= 15 is 0 Å². The summed E-state index contributed by atoms with van der Waals surface area (Å²) in [5.74, 6) is -0.689. The summed E-state index contributed by atoms with van der Waals surface area (Å²) < 4.78 is 13.9. The first-order valence-corrected chi connectivity index (χ1v) is 6.77. The van der Waals surface area contributed by atoms with Gasteiger partial charge in [-0.1, -0.05) is 12.1 Å². The van der Waals surface area contributed by atoms with Gasteiger partial charge in [0.1, 0.15) is 5.82 Å². The summed E-state index contributed by atoms with van der Waals surface area (Å²) in [5.41, 5.74) is 1.68. The second-order valence-corrected chi connectivity index (χ2v) is 5.18. The first kappa shape index (κ1) is 12.9. The second kappa shape index (κ2) is 5.09. The molecule has 0 aliphatic heterocycles. The first-order valence-electron chi connectivity index (χ1n) is 5.97. The molecule has 5 heteroatoms. The number of nitrogens with one attached hydrogen (secondary N) is 2. The highest BCUT2D eigenvalue weighted by Gasteiger charge is 2.12. The molecule has 100 valence electrons. The Morgan fingerprint density at radius 1 is 1.20 bits per heavy atom. The molecule has 1 aromatic heterocycles. The molecule has 0 saturated carbocycles. The van der Waals surface area contributed by atoms with Crippen molar-refractivity contribution in [2.75, 3.05) is 5.32 Å². The van der Waals surface area contributed by atoms with Crippen LogP contribution in [0.1, 0.15) is 10.4 Å². The molecule has 0 unspecified atom stereocenters. The van der Waals surface area contributed by atoms with Crippen molar-refractivity contribution in [3.8, 4) is 0 Å². The molecule has 0 radical (unpaired) electrons. The number of carbonyl (C=O) groups is 1. The van der Waals surface area contributed by atoms with Crippen molar-refractivity contribution in [3.05, 3.63) is 64.5 Å². The third-order valence-corrected chi connectivity index (χ3v) is 3.70. The van der Waals surface area contributed by atoms with Gasteiger partial charge >= 0.3 is 0 Å². The predicted molar refractivity (Wildman–Crippen MR) is 80.4 cm³/mol. The monoisotopic (exact) mass is 332 g/mol. The lowest BCUT2D eigenvalue weighted by Gasteiger charge is -2.08. The molecule has 0 spiro atoms. The topological polar surface area (TPSA) is 44.9 Å². The van der Waals surface area contributed by atoms with Crippen molar-refractivity contribution in [1.29, 1.82) is 0 Å². The van der Waals surface area contributed by atoms with Crippen molar-refractivity contribution in [3.63, 3.8) is 0 Å². The average Bonchev–Trinajstić information content (AvgIpc) is 2.91. The van der Waals surface area contributed by atoms with Gasteiger partial charge < -0.3 is 10.3 Å². The van der Waals surface area contributed by atoms with E-state index in [2.05, 4.69) is 26.2 Å². The van der Waals surface area contributed by atoms with Gasteiger partial charge in [-0.2, -0.15) is 0 Å². The average molecular weight is 333 g/mol. The van der Waals surface area contributed by atoms with E-state index in [1.165, 1.54) is 12.1 Å². The van der Waals surface area contributed by atoms with E-state index in [1.807, 2.05) is 18.2 Å². The molecule has 3 rings (SSSR count). The maximum absolute atomic E-state index is 13.2. The molecule has 2 aromatic carbocycles. The van der Waals surface area contributed by atoms with Gasteiger partial charge in [-0.25, -0.2) is 4.39 Å². The molecule has 0 atom stereocenters. The highest BCUT2D eigenvalue weighted by molar-refractivity contribution is 9.10. The number of hydrogen-bond acceptors (Lipinski definition) is 1. The normalized spacial score (nSPS) is 10.7. The van der Waals surface area contributed by atoms with Crippen LogP contribution in [0.25, 0.3) is 10.9 Å². The number of anilines is 1. The van der Waals surface area contributed by atoms with E-state index in [1.54, 1.807) is 18.3 Å². The second-order valence-electron chi connectivity index (χ2n) is 4.33. The van der Waals surface area contributed by atoms with Crippen LogP contribution in [0.15, 0.2) is 53.1 Å². The third-order valence-electron chi connectivity index (χ3n) is 3.01. The lowest BCUT2D eigenvalue weighted by molar-refractivity contribution is 0.102. The summed E-state index contributed by atoms with van der Waals surface area (Å²) in [5, 5.41) is 3.66. The Bertz CT molecular complexity index is 797. The number of aromatic amines is 1. The van der Waals surface area contributed by atoms with E-state index in [-0.39, 0.29) is 5.91 Å². The third kappa shape index (κ3) is 2.32. The number of hydrogen-bond donors (Lipinski definition) is 2. The molecule has 2 N–H and O–H groups in total. The minimum absolute atomic E-state index is 0.288. The lowest BCUT2D eigenvalue weighted by Crippen LogP contribution is -2.13. The molecule has 1 amide bonds. The number of benzene rings is 2. The van der Waals surface area contributed by atoms with Crippen molar-refractivity contribution in [2.45, 2.75) is 0 Å². The number of rotatable bonds is 2. The molecule has 3 nitrogen and oxygen atoms in total. The van der Waals surface area contributed by atoms with Crippen LogP contribution in [0.3, 0.4) is 0 Å². The maximum Gasteiger partial charge on any atom is 0.257 e. The van der Waals surface area contributed by atoms with Gasteiger partial charge in [-0.3, -0.25) is 4.79 Å². The summed E-state index contributed by atoms with van der Waals surface area (Å²) in [7, 11) is 0. The van der Waals surface area contributed by atoms with Gasteiger partial charge in [-0.15, -0.1) is 0 Å². The molecule has 0 saturated heterocycles. The first-order chi connectivity index (χ1) is 9.65. The fourth-order valence-electron chi connectivity index (χ4n) is 2.06. The van der Waals surface area contributed by atoms with Crippen LogP contribution in [0.4, 0.5) is 10.1 Å². The van der Waals surface area contributed by atoms with E-state index < -0.39 is 5.82 Å². The number of halogens is 2. The van der Waals surface area contributed by atoms with Gasteiger partial charge in [0.25, 0.3) is 5.91 Å². The van der Waals surface area contributed by atoms with Gasteiger partial charge in [0.15, 0.2) is 0 Å². The molecule has 0 aliphatic rings. The Morgan fingerprint density at radius 3 is 2.90 bits per heavy atom. The maximum atomic E-state index is 13.2. The van der Waals surface area contributed by atoms with Crippen LogP contribution in [0.2, 0.25) is 0 Å². The van der Waals surface area contributed by atoms with Gasteiger partial charge in [0.2, 0.25) is 0 Å². The van der Waals surface area contributed by atoms with Crippen molar-refractivity contribution in [1.82, 2.24) is 4.98 Å². The summed E-state index contributed by atoms with van der Waals surface area (Å²) in [6, 6.07) is 11.5. The zero-order valence-electron chi connectivity index (χ0n) is 10.3. The van der Waals surface area contributed by atoms with Crippen LogP contribution in [-0.2, 0) is 0 Å². The largest absolute Gasteiger partial charge is 0.361 e.